The number of nitrogens with zero attached hydrogens (tertiary/aromatic N) is 1. The smallest absolute Gasteiger partial charge is 0.251 e. The van der Waals surface area contributed by atoms with Gasteiger partial charge in [-0.3, -0.25) is 9.59 Å². The van der Waals surface area contributed by atoms with Crippen molar-refractivity contribution in [1.82, 2.24) is 5.32 Å². The number of rotatable bonds is 9. The Morgan fingerprint density at radius 1 is 1.09 bits per heavy atom. The van der Waals surface area contributed by atoms with Gasteiger partial charge in [0, 0.05) is 37.7 Å². The molecule has 172 valence electrons. The highest BCUT2D eigenvalue weighted by Crippen LogP contribution is 2.30. The van der Waals surface area contributed by atoms with Crippen molar-refractivity contribution in [3.05, 3.63) is 53.3 Å². The Kier molecular flexibility index (Phi) is 8.44. The van der Waals surface area contributed by atoms with Gasteiger partial charge in [-0.15, -0.1) is 0 Å². The average molecular weight is 443 g/mol. The fourth-order valence-electron chi connectivity index (χ4n) is 3.54. The number of halogens is 1. The normalized spacial score (nSPS) is 13.6. The lowest BCUT2D eigenvalue weighted by molar-refractivity contribution is -0.116. The first-order valence-corrected chi connectivity index (χ1v) is 11.0. The molecule has 0 aliphatic carbocycles. The summed E-state index contributed by atoms with van der Waals surface area (Å²) in [5.74, 6) is -0.666. The third-order valence-corrected chi connectivity index (χ3v) is 5.42. The number of amides is 2. The van der Waals surface area contributed by atoms with Gasteiger partial charge in [0.15, 0.2) is 0 Å². The fraction of sp³-hybridized carbons (Fsp3) is 0.417. The molecule has 0 saturated carbocycles. The molecule has 0 aromatic heterocycles. The van der Waals surface area contributed by atoms with Gasteiger partial charge in [-0.1, -0.05) is 24.1 Å². The Morgan fingerprint density at radius 3 is 2.53 bits per heavy atom. The number of hydrogen-bond acceptors (Lipinski definition) is 5. The van der Waals surface area contributed by atoms with Crippen LogP contribution < -0.4 is 21.3 Å². The van der Waals surface area contributed by atoms with Crippen LogP contribution in [0, 0.1) is 12.7 Å². The minimum atomic E-state index is -0.407. The summed E-state index contributed by atoms with van der Waals surface area (Å²) >= 11 is 0. The van der Waals surface area contributed by atoms with Crippen molar-refractivity contribution in [3.63, 3.8) is 0 Å². The van der Waals surface area contributed by atoms with Crippen molar-refractivity contribution in [2.24, 2.45) is 0 Å². The van der Waals surface area contributed by atoms with E-state index in [4.69, 9.17) is 10.5 Å². The van der Waals surface area contributed by atoms with Gasteiger partial charge in [0.25, 0.3) is 5.91 Å². The summed E-state index contributed by atoms with van der Waals surface area (Å²) in [5, 5.41) is 5.69. The number of hydrogen-bond donors (Lipinski definition) is 3. The van der Waals surface area contributed by atoms with E-state index in [0.717, 1.165) is 18.4 Å². The molecule has 1 fully saturated rings. The minimum Gasteiger partial charge on any atom is -0.397 e. The lowest BCUT2D eigenvalue weighted by atomic mass is 10.1. The van der Waals surface area contributed by atoms with E-state index in [-0.39, 0.29) is 17.5 Å². The summed E-state index contributed by atoms with van der Waals surface area (Å²) in [6.45, 7) is 4.80. The second kappa shape index (κ2) is 11.5. The summed E-state index contributed by atoms with van der Waals surface area (Å²) in [6, 6.07) is 10.3. The van der Waals surface area contributed by atoms with Gasteiger partial charge in [0.2, 0.25) is 5.91 Å². The Morgan fingerprint density at radius 2 is 1.81 bits per heavy atom. The van der Waals surface area contributed by atoms with E-state index in [1.807, 2.05) is 24.0 Å². The second-order valence-electron chi connectivity index (χ2n) is 7.97. The van der Waals surface area contributed by atoms with Crippen LogP contribution in [0.1, 0.15) is 41.6 Å². The summed E-state index contributed by atoms with van der Waals surface area (Å²) in [6.07, 6.45) is 2.60. The summed E-state index contributed by atoms with van der Waals surface area (Å²) in [5.41, 5.74) is 8.70. The lowest BCUT2D eigenvalue weighted by Gasteiger charge is -2.29. The Bertz CT molecular complexity index is 928. The molecular weight excluding hydrogens is 411 g/mol. The zero-order chi connectivity index (χ0) is 22.9. The first-order valence-electron chi connectivity index (χ1n) is 11.0. The zero-order valence-corrected chi connectivity index (χ0v) is 18.5. The number of aryl methyl sites for hydroxylation is 1. The van der Waals surface area contributed by atoms with Crippen molar-refractivity contribution >= 4 is 28.9 Å². The molecule has 0 spiro atoms. The molecule has 0 radical (unpaired) electrons. The standard InChI is InChI=1S/C24H31FN4O3/c1-17-6-8-18(9-7-17)24(31)27-10-4-2-3-5-23(30)28-21-16-22(19(25)15-20(21)26)29-11-13-32-14-12-29/h6-9,15-16H,2-5,10-14,26H2,1H3,(H,27,31)(H,28,30). The van der Waals surface area contributed by atoms with E-state index in [2.05, 4.69) is 10.6 Å². The van der Waals surface area contributed by atoms with E-state index in [1.165, 1.54) is 6.07 Å². The maximum atomic E-state index is 14.4. The van der Waals surface area contributed by atoms with Crippen LogP contribution in [-0.2, 0) is 9.53 Å². The number of anilines is 3. The van der Waals surface area contributed by atoms with E-state index < -0.39 is 5.82 Å². The monoisotopic (exact) mass is 442 g/mol. The number of ether oxygens (including phenoxy) is 1. The molecule has 1 aliphatic heterocycles. The molecule has 2 amide bonds. The van der Waals surface area contributed by atoms with Gasteiger partial charge in [-0.2, -0.15) is 0 Å². The van der Waals surface area contributed by atoms with Crippen molar-refractivity contribution in [3.8, 4) is 0 Å². The number of benzene rings is 2. The van der Waals surface area contributed by atoms with Gasteiger partial charge >= 0.3 is 0 Å². The molecule has 4 N–H and O–H groups in total. The van der Waals surface area contributed by atoms with Crippen molar-refractivity contribution in [2.75, 3.05) is 48.8 Å². The van der Waals surface area contributed by atoms with Gasteiger partial charge in [-0.05, 0) is 38.0 Å². The first-order chi connectivity index (χ1) is 15.4. The average Bonchev–Trinajstić information content (AvgIpc) is 2.79. The molecule has 3 rings (SSSR count). The number of nitrogens with two attached hydrogens (primary N) is 1. The second-order valence-corrected chi connectivity index (χ2v) is 7.97. The SMILES string of the molecule is Cc1ccc(C(=O)NCCCCCC(=O)Nc2cc(N3CCOCC3)c(F)cc2N)cc1. The largest absolute Gasteiger partial charge is 0.397 e. The minimum absolute atomic E-state index is 0.0920. The molecule has 0 bridgehead atoms. The molecule has 1 aliphatic rings. The maximum Gasteiger partial charge on any atom is 0.251 e. The molecule has 8 heteroatoms. The molecule has 2 aromatic carbocycles. The van der Waals surface area contributed by atoms with Crippen LogP contribution in [0.5, 0.6) is 0 Å². The van der Waals surface area contributed by atoms with Gasteiger partial charge in [0.1, 0.15) is 5.82 Å². The summed E-state index contributed by atoms with van der Waals surface area (Å²) in [4.78, 5) is 26.3. The molecule has 7 nitrogen and oxygen atoms in total. The van der Waals surface area contributed by atoms with Crippen LogP contribution >= 0.6 is 0 Å². The van der Waals surface area contributed by atoms with Gasteiger partial charge < -0.3 is 26.0 Å². The third-order valence-electron chi connectivity index (χ3n) is 5.42. The van der Waals surface area contributed by atoms with E-state index in [1.54, 1.807) is 18.2 Å². The molecule has 0 atom stereocenters. The molecule has 1 saturated heterocycles. The Balaban J connectivity index is 1.39. The quantitative estimate of drug-likeness (QED) is 0.408. The number of unbranched alkanes of at least 4 members (excludes halogenated alkanes) is 2. The molecular formula is C24H31FN4O3. The Labute approximate surface area is 188 Å². The number of morpholine rings is 1. The zero-order valence-electron chi connectivity index (χ0n) is 18.5. The number of carbonyl (C=O) groups excluding carboxylic acids is 2. The highest BCUT2D eigenvalue weighted by atomic mass is 19.1. The van der Waals surface area contributed by atoms with Crippen LogP contribution in [0.15, 0.2) is 36.4 Å². The third kappa shape index (κ3) is 6.68. The van der Waals surface area contributed by atoms with Crippen molar-refractivity contribution < 1.29 is 18.7 Å². The summed E-state index contributed by atoms with van der Waals surface area (Å²) in [7, 11) is 0. The van der Waals surface area contributed by atoms with E-state index >= 15 is 0 Å². The molecule has 0 unspecified atom stereocenters. The van der Waals surface area contributed by atoms with Crippen LogP contribution in [0.3, 0.4) is 0 Å². The van der Waals surface area contributed by atoms with Crippen LogP contribution in [0.25, 0.3) is 0 Å². The highest BCUT2D eigenvalue weighted by molar-refractivity contribution is 5.95. The number of nitrogen functional groups attached to an aromatic ring is 1. The van der Waals surface area contributed by atoms with Crippen LogP contribution in [0.4, 0.5) is 21.5 Å². The fourth-order valence-corrected chi connectivity index (χ4v) is 3.54. The number of carbonyl (C=O) groups is 2. The van der Waals surface area contributed by atoms with E-state index in [0.29, 0.717) is 62.6 Å². The predicted molar refractivity (Wildman–Crippen MR) is 124 cm³/mol. The maximum absolute atomic E-state index is 14.4. The van der Waals surface area contributed by atoms with E-state index in [9.17, 15) is 14.0 Å². The molecule has 32 heavy (non-hydrogen) atoms. The Hall–Kier alpha value is -3.13. The first kappa shape index (κ1) is 23.5. The molecule has 2 aromatic rings. The lowest BCUT2D eigenvalue weighted by Crippen LogP contribution is -2.36. The summed E-state index contributed by atoms with van der Waals surface area (Å²) < 4.78 is 19.7. The number of nitrogens with one attached hydrogen (secondary N) is 2. The predicted octanol–water partition coefficient (Wildman–Crippen LogP) is 3.48. The van der Waals surface area contributed by atoms with Crippen LogP contribution in [-0.4, -0.2) is 44.7 Å². The topological polar surface area (TPSA) is 96.7 Å². The van der Waals surface area contributed by atoms with Crippen molar-refractivity contribution in [1.29, 1.82) is 0 Å². The van der Waals surface area contributed by atoms with Crippen LogP contribution in [0.2, 0.25) is 0 Å². The van der Waals surface area contributed by atoms with Gasteiger partial charge in [0.05, 0.1) is 30.3 Å². The van der Waals surface area contributed by atoms with Gasteiger partial charge in [-0.25, -0.2) is 4.39 Å². The van der Waals surface area contributed by atoms with Crippen molar-refractivity contribution in [2.45, 2.75) is 32.6 Å². The molecule has 1 heterocycles. The highest BCUT2D eigenvalue weighted by Gasteiger charge is 2.18.